The van der Waals surface area contributed by atoms with Gasteiger partial charge in [0.15, 0.2) is 0 Å². The maximum Gasteiger partial charge on any atom is 0.417 e. The number of nitriles is 1. The van der Waals surface area contributed by atoms with E-state index >= 15 is 0 Å². The largest absolute Gasteiger partial charge is 0.493 e. The molecule has 0 N–H and O–H groups in total. The lowest BCUT2D eigenvalue weighted by Crippen LogP contribution is -2.09. The van der Waals surface area contributed by atoms with Gasteiger partial charge in [0, 0.05) is 6.42 Å². The maximum absolute atomic E-state index is 12.8. The molecule has 0 atom stereocenters. The second kappa shape index (κ2) is 6.31. The molecule has 2 aromatic rings. The number of rotatable bonds is 4. The Morgan fingerprint density at radius 2 is 1.76 bits per heavy atom. The van der Waals surface area contributed by atoms with Gasteiger partial charge in [-0.3, -0.25) is 0 Å². The number of nitrogens with zero attached hydrogens (tertiary/aromatic N) is 1. The maximum atomic E-state index is 12.8. The Bertz CT molecular complexity index is 645. The lowest BCUT2D eigenvalue weighted by Gasteiger charge is -2.12. The van der Waals surface area contributed by atoms with Crippen LogP contribution in [-0.2, 0) is 12.6 Å². The molecule has 0 saturated heterocycles. The smallest absolute Gasteiger partial charge is 0.417 e. The molecule has 0 aliphatic carbocycles. The summed E-state index contributed by atoms with van der Waals surface area (Å²) in [6, 6.07) is 14.4. The van der Waals surface area contributed by atoms with Crippen molar-refractivity contribution in [3.63, 3.8) is 0 Å². The van der Waals surface area contributed by atoms with Gasteiger partial charge < -0.3 is 4.74 Å². The van der Waals surface area contributed by atoms with Gasteiger partial charge in [-0.05, 0) is 23.8 Å². The fourth-order valence-corrected chi connectivity index (χ4v) is 1.88. The molecule has 0 fully saturated rings. The zero-order valence-corrected chi connectivity index (χ0v) is 11.0. The molecular formula is C16H12F3NO. The second-order valence-corrected chi connectivity index (χ2v) is 4.40. The highest BCUT2D eigenvalue weighted by Crippen LogP contribution is 2.34. The number of benzene rings is 2. The van der Waals surface area contributed by atoms with Crippen LogP contribution in [0.2, 0.25) is 0 Å². The molecule has 0 aromatic heterocycles. The Labute approximate surface area is 120 Å². The van der Waals surface area contributed by atoms with Crippen LogP contribution in [0.1, 0.15) is 16.7 Å². The Morgan fingerprint density at radius 1 is 1.05 bits per heavy atom. The Hall–Kier alpha value is -2.48. The van der Waals surface area contributed by atoms with E-state index in [1.807, 2.05) is 30.3 Å². The molecule has 0 aliphatic rings. The first kappa shape index (κ1) is 14.9. The third kappa shape index (κ3) is 3.99. The van der Waals surface area contributed by atoms with Crippen LogP contribution in [0.15, 0.2) is 48.5 Å². The van der Waals surface area contributed by atoms with Gasteiger partial charge in [0.05, 0.1) is 23.8 Å². The minimum absolute atomic E-state index is 0.109. The first-order valence-corrected chi connectivity index (χ1v) is 6.29. The molecule has 2 aromatic carbocycles. The second-order valence-electron chi connectivity index (χ2n) is 4.40. The Balaban J connectivity index is 2.06. The molecular weight excluding hydrogens is 279 g/mol. The minimum Gasteiger partial charge on any atom is -0.493 e. The number of halogens is 3. The van der Waals surface area contributed by atoms with Gasteiger partial charge >= 0.3 is 6.18 Å². The minimum atomic E-state index is -4.57. The summed E-state index contributed by atoms with van der Waals surface area (Å²) >= 11 is 0. The monoisotopic (exact) mass is 291 g/mol. The van der Waals surface area contributed by atoms with Crippen LogP contribution in [-0.4, -0.2) is 6.61 Å². The molecule has 108 valence electrons. The summed E-state index contributed by atoms with van der Waals surface area (Å²) in [5.74, 6) is 0.109. The van der Waals surface area contributed by atoms with Crippen molar-refractivity contribution in [3.8, 4) is 11.8 Å². The van der Waals surface area contributed by atoms with Crippen molar-refractivity contribution in [1.82, 2.24) is 0 Å². The molecule has 0 heterocycles. The van der Waals surface area contributed by atoms with E-state index in [9.17, 15) is 13.2 Å². The fraction of sp³-hybridized carbons (Fsp3) is 0.188. The summed E-state index contributed by atoms with van der Waals surface area (Å²) in [7, 11) is 0. The Kier molecular flexibility index (Phi) is 4.49. The van der Waals surface area contributed by atoms with Crippen LogP contribution in [0.3, 0.4) is 0 Å². The summed E-state index contributed by atoms with van der Waals surface area (Å²) in [6.45, 7) is 0.271. The van der Waals surface area contributed by atoms with E-state index in [0.29, 0.717) is 6.42 Å². The molecule has 0 radical (unpaired) electrons. The number of ether oxygens (including phenoxy) is 1. The molecule has 0 amide bonds. The highest BCUT2D eigenvalue weighted by molar-refractivity contribution is 5.44. The van der Waals surface area contributed by atoms with Crippen molar-refractivity contribution < 1.29 is 17.9 Å². The van der Waals surface area contributed by atoms with Gasteiger partial charge in [0.25, 0.3) is 0 Å². The van der Waals surface area contributed by atoms with Gasteiger partial charge in [0.2, 0.25) is 0 Å². The molecule has 5 heteroatoms. The molecule has 21 heavy (non-hydrogen) atoms. The molecule has 2 nitrogen and oxygen atoms in total. The number of alkyl halides is 3. The van der Waals surface area contributed by atoms with Crippen LogP contribution in [0.5, 0.6) is 5.75 Å². The number of hydrogen-bond donors (Lipinski definition) is 0. The van der Waals surface area contributed by atoms with Crippen LogP contribution in [0.4, 0.5) is 13.2 Å². The third-order valence-corrected chi connectivity index (χ3v) is 2.92. The highest BCUT2D eigenvalue weighted by Gasteiger charge is 2.34. The molecule has 0 spiro atoms. The normalized spacial score (nSPS) is 11.0. The number of hydrogen-bond acceptors (Lipinski definition) is 2. The Morgan fingerprint density at radius 3 is 2.38 bits per heavy atom. The van der Waals surface area contributed by atoms with Gasteiger partial charge in [0.1, 0.15) is 5.75 Å². The van der Waals surface area contributed by atoms with E-state index in [1.165, 1.54) is 12.1 Å². The molecule has 0 aliphatic heterocycles. The first-order valence-electron chi connectivity index (χ1n) is 6.29. The average Bonchev–Trinajstić information content (AvgIpc) is 2.47. The quantitative estimate of drug-likeness (QED) is 0.845. The summed E-state index contributed by atoms with van der Waals surface area (Å²) in [4.78, 5) is 0. The van der Waals surface area contributed by atoms with Crippen molar-refractivity contribution >= 4 is 0 Å². The topological polar surface area (TPSA) is 33.0 Å². The van der Waals surface area contributed by atoms with Crippen LogP contribution < -0.4 is 4.74 Å². The van der Waals surface area contributed by atoms with Gasteiger partial charge in [-0.25, -0.2) is 0 Å². The van der Waals surface area contributed by atoms with Crippen LogP contribution >= 0.6 is 0 Å². The third-order valence-electron chi connectivity index (χ3n) is 2.92. The summed E-state index contributed by atoms with van der Waals surface area (Å²) < 4.78 is 43.7. The van der Waals surface area contributed by atoms with E-state index in [4.69, 9.17) is 10.00 Å². The summed E-state index contributed by atoms with van der Waals surface area (Å²) in [5, 5.41) is 8.71. The van der Waals surface area contributed by atoms with E-state index in [0.717, 1.165) is 17.7 Å². The van der Waals surface area contributed by atoms with Crippen molar-refractivity contribution in [2.24, 2.45) is 0 Å². The van der Waals surface area contributed by atoms with Gasteiger partial charge in [-0.15, -0.1) is 0 Å². The lowest BCUT2D eigenvalue weighted by atomic mass is 10.1. The zero-order valence-electron chi connectivity index (χ0n) is 11.0. The van der Waals surface area contributed by atoms with E-state index in [2.05, 4.69) is 0 Å². The van der Waals surface area contributed by atoms with Crippen LogP contribution in [0.25, 0.3) is 0 Å². The molecule has 0 unspecified atom stereocenters. The first-order chi connectivity index (χ1) is 10.0. The highest BCUT2D eigenvalue weighted by atomic mass is 19.4. The fourth-order valence-electron chi connectivity index (χ4n) is 1.88. The molecule has 0 bridgehead atoms. The van der Waals surface area contributed by atoms with Crippen LogP contribution in [0, 0.1) is 11.3 Å². The van der Waals surface area contributed by atoms with Crippen molar-refractivity contribution in [3.05, 3.63) is 65.2 Å². The predicted octanol–water partition coefficient (Wildman–Crippen LogP) is 4.20. The molecule has 2 rings (SSSR count). The van der Waals surface area contributed by atoms with E-state index in [-0.39, 0.29) is 12.4 Å². The van der Waals surface area contributed by atoms with Crippen molar-refractivity contribution in [1.29, 1.82) is 5.26 Å². The van der Waals surface area contributed by atoms with Gasteiger partial charge in [-0.2, -0.15) is 18.4 Å². The summed E-state index contributed by atoms with van der Waals surface area (Å²) in [6.07, 6.45) is -3.97. The predicted molar refractivity (Wildman–Crippen MR) is 71.8 cm³/mol. The van der Waals surface area contributed by atoms with Crippen molar-refractivity contribution in [2.45, 2.75) is 12.6 Å². The SMILES string of the molecule is N#Cc1ccc(OCCc2ccccc2)cc1C(F)(F)F. The molecule has 0 saturated carbocycles. The average molecular weight is 291 g/mol. The van der Waals surface area contributed by atoms with Gasteiger partial charge in [-0.1, -0.05) is 30.3 Å². The van der Waals surface area contributed by atoms with E-state index in [1.54, 1.807) is 0 Å². The standard InChI is InChI=1S/C16H12F3NO/c17-16(18,19)15-10-14(7-6-13(15)11-20)21-9-8-12-4-2-1-3-5-12/h1-7,10H,8-9H2. The van der Waals surface area contributed by atoms with E-state index < -0.39 is 17.3 Å². The summed E-state index contributed by atoms with van der Waals surface area (Å²) in [5.41, 5.74) is -0.331. The van der Waals surface area contributed by atoms with Crippen molar-refractivity contribution in [2.75, 3.05) is 6.61 Å². The zero-order chi connectivity index (χ0) is 15.3. The lowest BCUT2D eigenvalue weighted by molar-refractivity contribution is -0.137.